The third kappa shape index (κ3) is 4.33. The van der Waals surface area contributed by atoms with Gasteiger partial charge in [0.05, 0.1) is 7.11 Å². The third-order valence-electron chi connectivity index (χ3n) is 5.47. The van der Waals surface area contributed by atoms with Gasteiger partial charge in [-0.1, -0.05) is 66.7 Å². The molecule has 148 valence electrons. The molecule has 3 aromatic rings. The fraction of sp³-hybridized carbons (Fsp3) is 0.240. The first kappa shape index (κ1) is 19.2. The van der Waals surface area contributed by atoms with Gasteiger partial charge >= 0.3 is 0 Å². The predicted molar refractivity (Wildman–Crippen MR) is 118 cm³/mol. The van der Waals surface area contributed by atoms with Gasteiger partial charge in [-0.2, -0.15) is 0 Å². The summed E-state index contributed by atoms with van der Waals surface area (Å²) < 4.78 is 5.45. The molecule has 1 saturated heterocycles. The Morgan fingerprint density at radius 3 is 2.31 bits per heavy atom. The van der Waals surface area contributed by atoms with E-state index >= 15 is 0 Å². The van der Waals surface area contributed by atoms with Gasteiger partial charge in [-0.25, -0.2) is 0 Å². The summed E-state index contributed by atoms with van der Waals surface area (Å²) in [7, 11) is 1.66. The van der Waals surface area contributed by atoms with Crippen LogP contribution in [-0.4, -0.2) is 55.5 Å². The number of methoxy groups -OCH3 is 1. The molecular weight excluding hydrogens is 360 g/mol. The number of nitrogens with zero attached hydrogens (tertiary/aromatic N) is 2. The summed E-state index contributed by atoms with van der Waals surface area (Å²) >= 11 is 0. The summed E-state index contributed by atoms with van der Waals surface area (Å²) in [6, 6.07) is 22.0. The Bertz CT molecular complexity index is 1010. The molecule has 0 bridgehead atoms. The summed E-state index contributed by atoms with van der Waals surface area (Å²) in [4.78, 5) is 17.5. The number of amides is 1. The monoisotopic (exact) mass is 386 g/mol. The highest BCUT2D eigenvalue weighted by molar-refractivity contribution is 6.08. The lowest BCUT2D eigenvalue weighted by molar-refractivity contribution is 0.0652. The van der Waals surface area contributed by atoms with E-state index < -0.39 is 0 Å². The molecule has 1 heterocycles. The second kappa shape index (κ2) is 8.93. The molecule has 0 atom stereocenters. The quantitative estimate of drug-likeness (QED) is 0.655. The summed E-state index contributed by atoms with van der Waals surface area (Å²) in [5, 5.41) is 1.93. The fourth-order valence-corrected chi connectivity index (χ4v) is 3.84. The lowest BCUT2D eigenvalue weighted by atomic mass is 10.0. The first-order chi connectivity index (χ1) is 14.3. The van der Waals surface area contributed by atoms with Gasteiger partial charge in [-0.15, -0.1) is 0 Å². The van der Waals surface area contributed by atoms with Crippen molar-refractivity contribution in [3.8, 4) is 5.75 Å². The minimum Gasteiger partial charge on any atom is -0.496 e. The molecule has 1 aliphatic rings. The van der Waals surface area contributed by atoms with Crippen LogP contribution in [0.4, 0.5) is 0 Å². The van der Waals surface area contributed by atoms with Crippen LogP contribution in [0.2, 0.25) is 0 Å². The van der Waals surface area contributed by atoms with E-state index in [1.54, 1.807) is 7.11 Å². The molecule has 0 aliphatic carbocycles. The van der Waals surface area contributed by atoms with Crippen LogP contribution >= 0.6 is 0 Å². The number of carbonyl (C=O) groups excluding carboxylic acids is 1. The van der Waals surface area contributed by atoms with Crippen LogP contribution < -0.4 is 4.74 Å². The third-order valence-corrected chi connectivity index (χ3v) is 5.47. The highest BCUT2D eigenvalue weighted by atomic mass is 16.5. The average Bonchev–Trinajstić information content (AvgIpc) is 2.79. The van der Waals surface area contributed by atoms with Gasteiger partial charge in [0.15, 0.2) is 0 Å². The Kier molecular flexibility index (Phi) is 5.92. The molecule has 0 aromatic heterocycles. The molecule has 4 heteroatoms. The van der Waals surface area contributed by atoms with Crippen LogP contribution in [0.25, 0.3) is 16.8 Å². The second-order valence-corrected chi connectivity index (χ2v) is 7.27. The van der Waals surface area contributed by atoms with Crippen molar-refractivity contribution < 1.29 is 9.53 Å². The number of rotatable bonds is 5. The summed E-state index contributed by atoms with van der Waals surface area (Å²) in [6.45, 7) is 4.18. The molecule has 1 amide bonds. The van der Waals surface area contributed by atoms with E-state index in [1.165, 1.54) is 5.56 Å². The zero-order valence-corrected chi connectivity index (χ0v) is 16.8. The smallest absolute Gasteiger partial charge is 0.254 e. The maximum atomic E-state index is 13.2. The van der Waals surface area contributed by atoms with E-state index in [0.29, 0.717) is 0 Å². The van der Waals surface area contributed by atoms with Crippen molar-refractivity contribution in [1.29, 1.82) is 0 Å². The van der Waals surface area contributed by atoms with Gasteiger partial charge in [0, 0.05) is 43.7 Å². The minimum absolute atomic E-state index is 0.100. The molecule has 29 heavy (non-hydrogen) atoms. The van der Waals surface area contributed by atoms with Gasteiger partial charge in [-0.3, -0.25) is 9.69 Å². The number of carbonyl (C=O) groups is 1. The van der Waals surface area contributed by atoms with E-state index in [-0.39, 0.29) is 5.91 Å². The van der Waals surface area contributed by atoms with Crippen LogP contribution in [0.1, 0.15) is 15.9 Å². The predicted octanol–water partition coefficient (Wildman–Crippen LogP) is 4.32. The Hall–Kier alpha value is -3.11. The van der Waals surface area contributed by atoms with Gasteiger partial charge in [0.25, 0.3) is 5.91 Å². The highest BCUT2D eigenvalue weighted by Crippen LogP contribution is 2.29. The molecule has 0 N–H and O–H groups in total. The lowest BCUT2D eigenvalue weighted by Gasteiger charge is -2.34. The van der Waals surface area contributed by atoms with Crippen molar-refractivity contribution in [1.82, 2.24) is 9.80 Å². The molecule has 0 radical (unpaired) electrons. The topological polar surface area (TPSA) is 32.8 Å². The van der Waals surface area contributed by atoms with E-state index in [4.69, 9.17) is 4.74 Å². The maximum Gasteiger partial charge on any atom is 0.254 e. The van der Waals surface area contributed by atoms with Crippen LogP contribution in [0.3, 0.4) is 0 Å². The second-order valence-electron chi connectivity index (χ2n) is 7.27. The first-order valence-electron chi connectivity index (χ1n) is 10.1. The number of hydrogen-bond donors (Lipinski definition) is 0. The Morgan fingerprint density at radius 1 is 0.897 bits per heavy atom. The molecule has 1 fully saturated rings. The Morgan fingerprint density at radius 2 is 1.59 bits per heavy atom. The number of fused-ring (bicyclic) bond motifs is 1. The Balaban J connectivity index is 1.39. The average molecular weight is 386 g/mol. The van der Waals surface area contributed by atoms with E-state index in [2.05, 4.69) is 29.2 Å². The van der Waals surface area contributed by atoms with Crippen LogP contribution in [0.5, 0.6) is 5.75 Å². The summed E-state index contributed by atoms with van der Waals surface area (Å²) in [5.74, 6) is 0.899. The van der Waals surface area contributed by atoms with E-state index in [1.807, 2.05) is 59.5 Å². The van der Waals surface area contributed by atoms with Crippen molar-refractivity contribution in [2.24, 2.45) is 0 Å². The maximum absolute atomic E-state index is 13.2. The number of hydrogen-bond acceptors (Lipinski definition) is 3. The van der Waals surface area contributed by atoms with Crippen molar-refractivity contribution in [3.05, 3.63) is 83.9 Å². The molecule has 0 spiro atoms. The molecule has 4 rings (SSSR count). The molecule has 3 aromatic carbocycles. The lowest BCUT2D eigenvalue weighted by Crippen LogP contribution is -2.48. The fourth-order valence-electron chi connectivity index (χ4n) is 3.84. The largest absolute Gasteiger partial charge is 0.496 e. The van der Waals surface area contributed by atoms with Crippen LogP contribution in [-0.2, 0) is 0 Å². The first-order valence-corrected chi connectivity index (χ1v) is 10.1. The van der Waals surface area contributed by atoms with Crippen LogP contribution in [0, 0.1) is 0 Å². The molecule has 0 unspecified atom stereocenters. The standard InChI is InChI=1S/C25H26N2O2/c1-29-24-14-13-23(21-11-5-6-12-22(21)24)25(28)27-18-16-26(17-19-27)15-7-10-20-8-3-2-4-9-20/h2-14H,15-19H2,1H3/b10-7+. The highest BCUT2D eigenvalue weighted by Gasteiger charge is 2.23. The van der Waals surface area contributed by atoms with E-state index in [9.17, 15) is 4.79 Å². The molecular formula is C25H26N2O2. The minimum atomic E-state index is 0.100. The zero-order valence-electron chi connectivity index (χ0n) is 16.8. The SMILES string of the molecule is COc1ccc(C(=O)N2CCN(C/C=C/c3ccccc3)CC2)c2ccccc12. The number of ether oxygens (including phenoxy) is 1. The van der Waals surface area contributed by atoms with Gasteiger partial charge in [-0.05, 0) is 23.1 Å². The summed E-state index contributed by atoms with van der Waals surface area (Å²) in [5.41, 5.74) is 1.96. The van der Waals surface area contributed by atoms with Crippen molar-refractivity contribution in [3.63, 3.8) is 0 Å². The van der Waals surface area contributed by atoms with Crippen LogP contribution in [0.15, 0.2) is 72.8 Å². The summed E-state index contributed by atoms with van der Waals surface area (Å²) in [6.07, 6.45) is 4.35. The molecule has 4 nitrogen and oxygen atoms in total. The van der Waals surface area contributed by atoms with Gasteiger partial charge in [0.1, 0.15) is 5.75 Å². The van der Waals surface area contributed by atoms with Crippen molar-refractivity contribution in [2.45, 2.75) is 0 Å². The van der Waals surface area contributed by atoms with Crippen molar-refractivity contribution >= 4 is 22.8 Å². The van der Waals surface area contributed by atoms with E-state index in [0.717, 1.165) is 54.8 Å². The zero-order chi connectivity index (χ0) is 20.1. The van der Waals surface area contributed by atoms with Gasteiger partial charge in [0.2, 0.25) is 0 Å². The number of benzene rings is 3. The molecule has 1 aliphatic heterocycles. The molecule has 0 saturated carbocycles. The van der Waals surface area contributed by atoms with Crippen molar-refractivity contribution in [2.75, 3.05) is 39.8 Å². The number of piperazine rings is 1. The Labute approximate surface area is 172 Å². The normalized spacial score (nSPS) is 15.1. The van der Waals surface area contributed by atoms with Gasteiger partial charge < -0.3 is 9.64 Å².